The van der Waals surface area contributed by atoms with Crippen LogP contribution in [-0.2, 0) is 0 Å². The van der Waals surface area contributed by atoms with Crippen LogP contribution in [0.5, 0.6) is 5.75 Å². The molecule has 0 fully saturated rings. The summed E-state index contributed by atoms with van der Waals surface area (Å²) >= 11 is 0. The van der Waals surface area contributed by atoms with E-state index in [0.717, 1.165) is 0 Å². The lowest BCUT2D eigenvalue weighted by molar-refractivity contribution is 0.396. The molecule has 6 heteroatoms. The highest BCUT2D eigenvalue weighted by Gasteiger charge is 2.18. The summed E-state index contributed by atoms with van der Waals surface area (Å²) in [6.45, 7) is 0. The first kappa shape index (κ1) is 13.2. The van der Waals surface area contributed by atoms with E-state index in [1.807, 2.05) is 0 Å². The maximum atomic E-state index is 14.8. The van der Waals surface area contributed by atoms with Crippen molar-refractivity contribution >= 4 is 0 Å². The van der Waals surface area contributed by atoms with Gasteiger partial charge in [-0.25, -0.2) is 4.39 Å². The molecule has 21 heavy (non-hydrogen) atoms. The monoisotopic (exact) mass is 284 g/mol. The predicted octanol–water partition coefficient (Wildman–Crippen LogP) is 2.73. The summed E-state index contributed by atoms with van der Waals surface area (Å²) in [6.07, 6.45) is 4.89. The molecule has 0 bridgehead atoms. The van der Waals surface area contributed by atoms with E-state index in [2.05, 4.69) is 15.2 Å². The summed E-state index contributed by atoms with van der Waals surface area (Å²) in [5, 5.41) is 8.06. The highest BCUT2D eigenvalue weighted by atomic mass is 19.1. The molecule has 3 rings (SSSR count). The lowest BCUT2D eigenvalue weighted by Crippen LogP contribution is -2.06. The summed E-state index contributed by atoms with van der Waals surface area (Å²) in [7, 11) is 1.58. The quantitative estimate of drug-likeness (QED) is 0.739. The lowest BCUT2D eigenvalue weighted by Gasteiger charge is -2.13. The van der Waals surface area contributed by atoms with Crippen molar-refractivity contribution in [2.24, 2.45) is 0 Å². The first-order valence-corrected chi connectivity index (χ1v) is 6.38. The zero-order chi connectivity index (χ0) is 14.7. The Labute approximate surface area is 121 Å². The number of hydrogen-bond acceptors (Lipinski definition) is 4. The van der Waals surface area contributed by atoms with Crippen molar-refractivity contribution in [3.63, 3.8) is 0 Å². The van der Waals surface area contributed by atoms with E-state index in [-0.39, 0.29) is 0 Å². The maximum Gasteiger partial charge on any atom is 0.152 e. The van der Waals surface area contributed by atoms with Gasteiger partial charge in [-0.05, 0) is 23.8 Å². The Morgan fingerprint density at radius 1 is 1.05 bits per heavy atom. The number of alkyl halides is 1. The molecule has 106 valence electrons. The molecule has 0 aliphatic rings. The Hall–Kier alpha value is -2.76. The van der Waals surface area contributed by atoms with Crippen LogP contribution in [-0.4, -0.2) is 27.1 Å². The number of rotatable bonds is 4. The number of hydrogen-bond donors (Lipinski definition) is 0. The number of halogens is 1. The predicted molar refractivity (Wildman–Crippen MR) is 75.1 cm³/mol. The normalized spacial score (nSPS) is 12.1. The van der Waals surface area contributed by atoms with Crippen LogP contribution < -0.4 is 4.74 Å². The molecule has 0 saturated heterocycles. The Morgan fingerprint density at radius 2 is 1.76 bits per heavy atom. The largest absolute Gasteiger partial charge is 0.497 e. The molecule has 1 atom stereocenters. The molecule has 0 spiro atoms. The summed E-state index contributed by atoms with van der Waals surface area (Å²) in [5.74, 6) is 0.689. The van der Waals surface area contributed by atoms with E-state index in [1.165, 1.54) is 17.2 Å². The topological polar surface area (TPSA) is 52.8 Å². The first-order valence-electron chi connectivity index (χ1n) is 6.38. The Morgan fingerprint density at radius 3 is 2.43 bits per heavy atom. The third-order valence-electron chi connectivity index (χ3n) is 3.15. The average Bonchev–Trinajstić information content (AvgIpc) is 3.08. The van der Waals surface area contributed by atoms with E-state index in [0.29, 0.717) is 22.6 Å². The summed E-state index contributed by atoms with van der Waals surface area (Å²) in [4.78, 5) is 5.38. The van der Waals surface area contributed by atoms with Gasteiger partial charge in [0.2, 0.25) is 0 Å². The number of pyridine rings is 1. The second-order valence-electron chi connectivity index (χ2n) is 4.39. The molecule has 1 aromatic carbocycles. The van der Waals surface area contributed by atoms with E-state index in [1.54, 1.807) is 49.8 Å². The lowest BCUT2D eigenvalue weighted by atomic mass is 10.0. The van der Waals surface area contributed by atoms with Crippen molar-refractivity contribution in [2.75, 3.05) is 7.11 Å². The zero-order valence-electron chi connectivity index (χ0n) is 11.3. The van der Waals surface area contributed by atoms with E-state index >= 15 is 0 Å². The molecule has 3 aromatic rings. The van der Waals surface area contributed by atoms with Crippen molar-refractivity contribution in [1.29, 1.82) is 0 Å². The fourth-order valence-corrected chi connectivity index (χ4v) is 2.07. The minimum absolute atomic E-state index is 0.464. The van der Waals surface area contributed by atoms with Crippen LogP contribution >= 0.6 is 0 Å². The van der Waals surface area contributed by atoms with E-state index in [9.17, 15) is 4.39 Å². The van der Waals surface area contributed by atoms with Crippen LogP contribution in [0.1, 0.15) is 17.3 Å². The van der Waals surface area contributed by atoms with Gasteiger partial charge in [0.15, 0.2) is 6.17 Å². The molecule has 2 heterocycles. The first-order chi connectivity index (χ1) is 10.3. The van der Waals surface area contributed by atoms with Gasteiger partial charge in [-0.2, -0.15) is 10.2 Å². The standard InChI is InChI=1S/C15H13FN4O/c1-21-12-4-2-11(3-5-12)15(16)13-6-7-17-10-14(13)20-18-8-9-19-20/h2-10,15H,1H3. The number of benzene rings is 1. The van der Waals surface area contributed by atoms with Crippen LogP contribution in [0.2, 0.25) is 0 Å². The summed E-state index contributed by atoms with van der Waals surface area (Å²) < 4.78 is 19.9. The van der Waals surface area contributed by atoms with Gasteiger partial charge in [-0.1, -0.05) is 12.1 Å². The zero-order valence-corrected chi connectivity index (χ0v) is 11.3. The van der Waals surface area contributed by atoms with Crippen molar-refractivity contribution in [3.05, 3.63) is 66.2 Å². The highest BCUT2D eigenvalue weighted by molar-refractivity contribution is 5.43. The SMILES string of the molecule is COc1ccc(C(F)c2ccncc2-n2nccn2)cc1. The molecule has 0 radical (unpaired) electrons. The number of aromatic nitrogens is 4. The molecule has 5 nitrogen and oxygen atoms in total. The molecule has 1 unspecified atom stereocenters. The van der Waals surface area contributed by atoms with Gasteiger partial charge in [0.05, 0.1) is 25.7 Å². The third kappa shape index (κ3) is 2.60. The minimum Gasteiger partial charge on any atom is -0.497 e. The van der Waals surface area contributed by atoms with E-state index < -0.39 is 6.17 Å². The van der Waals surface area contributed by atoms with Crippen LogP contribution in [0, 0.1) is 0 Å². The average molecular weight is 284 g/mol. The van der Waals surface area contributed by atoms with E-state index in [4.69, 9.17) is 4.74 Å². The molecule has 0 amide bonds. The van der Waals surface area contributed by atoms with Gasteiger partial charge in [-0.15, -0.1) is 4.80 Å². The van der Waals surface area contributed by atoms with Gasteiger partial charge >= 0.3 is 0 Å². The van der Waals surface area contributed by atoms with Crippen LogP contribution in [0.15, 0.2) is 55.1 Å². The molecule has 0 aliphatic carbocycles. The summed E-state index contributed by atoms with van der Waals surface area (Å²) in [5.41, 5.74) is 1.52. The van der Waals surface area contributed by atoms with Crippen molar-refractivity contribution < 1.29 is 9.13 Å². The number of methoxy groups -OCH3 is 1. The molecule has 0 saturated carbocycles. The van der Waals surface area contributed by atoms with Crippen molar-refractivity contribution in [3.8, 4) is 11.4 Å². The molecule has 0 N–H and O–H groups in total. The number of ether oxygens (including phenoxy) is 1. The fraction of sp³-hybridized carbons (Fsp3) is 0.133. The van der Waals surface area contributed by atoms with Crippen molar-refractivity contribution in [1.82, 2.24) is 20.0 Å². The molecule has 2 aromatic heterocycles. The third-order valence-corrected chi connectivity index (χ3v) is 3.15. The molecule has 0 aliphatic heterocycles. The highest BCUT2D eigenvalue weighted by Crippen LogP contribution is 2.30. The maximum absolute atomic E-state index is 14.8. The fourth-order valence-electron chi connectivity index (χ4n) is 2.07. The minimum atomic E-state index is -1.29. The summed E-state index contributed by atoms with van der Waals surface area (Å²) in [6, 6.07) is 8.49. The van der Waals surface area contributed by atoms with Gasteiger partial charge in [0.1, 0.15) is 11.4 Å². The van der Waals surface area contributed by atoms with Crippen LogP contribution in [0.25, 0.3) is 5.69 Å². The second-order valence-corrected chi connectivity index (χ2v) is 4.39. The number of nitrogens with zero attached hydrogens (tertiary/aromatic N) is 4. The Balaban J connectivity index is 1.99. The van der Waals surface area contributed by atoms with Gasteiger partial charge in [-0.3, -0.25) is 4.98 Å². The van der Waals surface area contributed by atoms with Gasteiger partial charge in [0.25, 0.3) is 0 Å². The van der Waals surface area contributed by atoms with Crippen LogP contribution in [0.4, 0.5) is 4.39 Å². The molecular weight excluding hydrogens is 271 g/mol. The van der Waals surface area contributed by atoms with Crippen molar-refractivity contribution in [2.45, 2.75) is 6.17 Å². The smallest absolute Gasteiger partial charge is 0.152 e. The second kappa shape index (κ2) is 5.70. The van der Waals surface area contributed by atoms with Gasteiger partial charge in [0, 0.05) is 11.8 Å². The van der Waals surface area contributed by atoms with Gasteiger partial charge < -0.3 is 4.74 Å². The molecular formula is C15H13FN4O. The Bertz CT molecular complexity index is 713. The Kier molecular flexibility index (Phi) is 3.59. The van der Waals surface area contributed by atoms with Crippen LogP contribution in [0.3, 0.4) is 0 Å².